The van der Waals surface area contributed by atoms with E-state index in [4.69, 9.17) is 19.7 Å². The molecule has 1 atom stereocenters. The molecule has 3 heterocycles. The standard InChI is InChI=1S/C28H42N4O2S/c1-21-17-23(10-11-26(21)33-2)18-31-14-12-24(13-15-31)27-29-30-28(32(27)19-25-9-6-16-34-25)35-20-22-7-4-3-5-8-22/h10-11,17,22,24-25H,3-9,12-16,18-20H2,1-2H3/t25-/m0/s1. The lowest BCUT2D eigenvalue weighted by atomic mass is 9.91. The van der Waals surface area contributed by atoms with Crippen LogP contribution in [0.25, 0.3) is 0 Å². The molecular weight excluding hydrogens is 456 g/mol. The number of nitrogens with zero attached hydrogens (tertiary/aromatic N) is 4. The number of rotatable bonds is 9. The number of ether oxygens (including phenoxy) is 2. The van der Waals surface area contributed by atoms with Gasteiger partial charge in [-0.25, -0.2) is 0 Å². The first kappa shape index (κ1) is 25.1. The highest BCUT2D eigenvalue weighted by atomic mass is 32.2. The van der Waals surface area contributed by atoms with Crippen LogP contribution in [0.2, 0.25) is 0 Å². The van der Waals surface area contributed by atoms with Gasteiger partial charge in [0.15, 0.2) is 5.16 Å². The van der Waals surface area contributed by atoms with Crippen LogP contribution in [0.15, 0.2) is 23.4 Å². The van der Waals surface area contributed by atoms with Gasteiger partial charge in [0.1, 0.15) is 11.6 Å². The van der Waals surface area contributed by atoms with Crippen LogP contribution in [0.5, 0.6) is 5.75 Å². The zero-order chi connectivity index (χ0) is 24.0. The maximum atomic E-state index is 6.02. The number of thioether (sulfide) groups is 1. The highest BCUT2D eigenvalue weighted by Crippen LogP contribution is 2.34. The monoisotopic (exact) mass is 498 g/mol. The van der Waals surface area contributed by atoms with E-state index < -0.39 is 0 Å². The highest BCUT2D eigenvalue weighted by molar-refractivity contribution is 7.99. The molecule has 1 aromatic heterocycles. The number of hydrogen-bond donors (Lipinski definition) is 0. The van der Waals surface area contributed by atoms with Crippen molar-refractivity contribution in [2.24, 2.45) is 5.92 Å². The van der Waals surface area contributed by atoms with E-state index in [1.165, 1.54) is 61.2 Å². The molecule has 5 rings (SSSR count). The molecule has 0 spiro atoms. The number of piperidine rings is 1. The van der Waals surface area contributed by atoms with Gasteiger partial charge in [0, 0.05) is 24.8 Å². The zero-order valence-corrected chi connectivity index (χ0v) is 22.4. The van der Waals surface area contributed by atoms with Gasteiger partial charge in [-0.15, -0.1) is 10.2 Å². The first-order valence-electron chi connectivity index (χ1n) is 13.7. The van der Waals surface area contributed by atoms with Gasteiger partial charge < -0.3 is 14.0 Å². The van der Waals surface area contributed by atoms with Crippen molar-refractivity contribution in [2.75, 3.05) is 32.6 Å². The number of aryl methyl sites for hydroxylation is 1. The van der Waals surface area contributed by atoms with Gasteiger partial charge in [0.2, 0.25) is 0 Å². The van der Waals surface area contributed by atoms with Crippen molar-refractivity contribution < 1.29 is 9.47 Å². The number of aromatic nitrogens is 3. The minimum Gasteiger partial charge on any atom is -0.496 e. The molecule has 192 valence electrons. The van der Waals surface area contributed by atoms with Crippen LogP contribution in [0.4, 0.5) is 0 Å². The Bertz CT molecular complexity index is 944. The van der Waals surface area contributed by atoms with Gasteiger partial charge in [-0.05, 0) is 81.6 Å². The average Bonchev–Trinajstić information content (AvgIpc) is 3.55. The molecule has 0 N–H and O–H groups in total. The van der Waals surface area contributed by atoms with Crippen LogP contribution in [0.3, 0.4) is 0 Å². The molecule has 3 aliphatic rings. The third kappa shape index (κ3) is 6.41. The molecule has 2 aromatic rings. The second-order valence-corrected chi connectivity index (χ2v) is 11.7. The molecule has 1 aromatic carbocycles. The van der Waals surface area contributed by atoms with Crippen molar-refractivity contribution in [3.05, 3.63) is 35.2 Å². The van der Waals surface area contributed by atoms with Crippen molar-refractivity contribution in [2.45, 2.75) is 95.0 Å². The lowest BCUT2D eigenvalue weighted by Gasteiger charge is -2.32. The molecule has 3 fully saturated rings. The van der Waals surface area contributed by atoms with Gasteiger partial charge in [0.05, 0.1) is 19.8 Å². The molecule has 6 nitrogen and oxygen atoms in total. The lowest BCUT2D eigenvalue weighted by Crippen LogP contribution is -2.33. The van der Waals surface area contributed by atoms with E-state index in [0.717, 1.165) is 68.9 Å². The maximum absolute atomic E-state index is 6.02. The zero-order valence-electron chi connectivity index (χ0n) is 21.6. The van der Waals surface area contributed by atoms with Crippen LogP contribution in [-0.2, 0) is 17.8 Å². The molecule has 0 radical (unpaired) electrons. The third-order valence-electron chi connectivity index (χ3n) is 8.15. The average molecular weight is 499 g/mol. The predicted octanol–water partition coefficient (Wildman–Crippen LogP) is 5.83. The van der Waals surface area contributed by atoms with Crippen molar-refractivity contribution in [1.29, 1.82) is 0 Å². The normalized spacial score (nSPS) is 22.6. The number of hydrogen-bond acceptors (Lipinski definition) is 6. The molecule has 1 saturated carbocycles. The Labute approximate surface area is 215 Å². The summed E-state index contributed by atoms with van der Waals surface area (Å²) in [6.45, 7) is 7.15. The minimum atomic E-state index is 0.317. The molecule has 0 unspecified atom stereocenters. The largest absolute Gasteiger partial charge is 0.496 e. The Morgan fingerprint density at radius 1 is 1.03 bits per heavy atom. The van der Waals surface area contributed by atoms with E-state index >= 15 is 0 Å². The Morgan fingerprint density at radius 2 is 1.86 bits per heavy atom. The summed E-state index contributed by atoms with van der Waals surface area (Å²) in [6, 6.07) is 6.56. The Kier molecular flexibility index (Phi) is 8.68. The van der Waals surface area contributed by atoms with Gasteiger partial charge in [-0.2, -0.15) is 0 Å². The molecule has 0 bridgehead atoms. The summed E-state index contributed by atoms with van der Waals surface area (Å²) in [5, 5.41) is 10.6. The first-order valence-corrected chi connectivity index (χ1v) is 14.7. The smallest absolute Gasteiger partial charge is 0.191 e. The second kappa shape index (κ2) is 12.1. The number of likely N-dealkylation sites (tertiary alicyclic amines) is 1. The summed E-state index contributed by atoms with van der Waals surface area (Å²) in [5.41, 5.74) is 2.57. The topological polar surface area (TPSA) is 52.4 Å². The summed E-state index contributed by atoms with van der Waals surface area (Å²) >= 11 is 1.94. The van der Waals surface area contributed by atoms with Gasteiger partial charge in [-0.3, -0.25) is 4.90 Å². The van der Waals surface area contributed by atoms with E-state index in [1.54, 1.807) is 7.11 Å². The van der Waals surface area contributed by atoms with E-state index in [2.05, 4.69) is 34.6 Å². The van der Waals surface area contributed by atoms with Crippen molar-refractivity contribution in [1.82, 2.24) is 19.7 Å². The fourth-order valence-electron chi connectivity index (χ4n) is 6.06. The van der Waals surface area contributed by atoms with Gasteiger partial charge >= 0.3 is 0 Å². The Morgan fingerprint density at radius 3 is 2.57 bits per heavy atom. The predicted molar refractivity (Wildman–Crippen MR) is 141 cm³/mol. The van der Waals surface area contributed by atoms with E-state index in [-0.39, 0.29) is 0 Å². The molecule has 1 aliphatic carbocycles. The quantitative estimate of drug-likeness (QED) is 0.406. The van der Waals surface area contributed by atoms with Crippen molar-refractivity contribution >= 4 is 11.8 Å². The van der Waals surface area contributed by atoms with Crippen molar-refractivity contribution in [3.63, 3.8) is 0 Å². The fourth-order valence-corrected chi connectivity index (χ4v) is 7.21. The summed E-state index contributed by atoms with van der Waals surface area (Å²) in [5.74, 6) is 4.68. The van der Waals surface area contributed by atoms with Crippen molar-refractivity contribution in [3.8, 4) is 5.75 Å². The Balaban J connectivity index is 1.22. The van der Waals surface area contributed by atoms with E-state index in [1.807, 2.05) is 11.8 Å². The van der Waals surface area contributed by atoms with Gasteiger partial charge in [0.25, 0.3) is 0 Å². The van der Waals surface area contributed by atoms with E-state index in [0.29, 0.717) is 12.0 Å². The fraction of sp³-hybridized carbons (Fsp3) is 0.714. The SMILES string of the molecule is COc1ccc(CN2CCC(c3nnc(SCC4CCCCC4)n3C[C@@H]3CCCO3)CC2)cc1C. The molecular formula is C28H42N4O2S. The van der Waals surface area contributed by atoms with E-state index in [9.17, 15) is 0 Å². The molecule has 2 aliphatic heterocycles. The number of methoxy groups -OCH3 is 1. The summed E-state index contributed by atoms with van der Waals surface area (Å²) in [7, 11) is 1.74. The Hall–Kier alpha value is -1.57. The second-order valence-electron chi connectivity index (χ2n) is 10.8. The summed E-state index contributed by atoms with van der Waals surface area (Å²) in [6.07, 6.45) is 11.9. The molecule has 0 amide bonds. The first-order chi connectivity index (χ1) is 17.2. The molecule has 7 heteroatoms. The van der Waals surface area contributed by atoms with Crippen LogP contribution in [0, 0.1) is 12.8 Å². The maximum Gasteiger partial charge on any atom is 0.191 e. The number of benzene rings is 1. The van der Waals surface area contributed by atoms with Crippen LogP contribution >= 0.6 is 11.8 Å². The van der Waals surface area contributed by atoms with Crippen LogP contribution < -0.4 is 4.74 Å². The third-order valence-corrected chi connectivity index (χ3v) is 9.35. The van der Waals surface area contributed by atoms with Crippen LogP contribution in [-0.4, -0.2) is 58.3 Å². The molecule has 35 heavy (non-hydrogen) atoms. The lowest BCUT2D eigenvalue weighted by molar-refractivity contribution is 0.0931. The summed E-state index contributed by atoms with van der Waals surface area (Å²) in [4.78, 5) is 2.58. The van der Waals surface area contributed by atoms with Gasteiger partial charge in [-0.1, -0.05) is 43.2 Å². The minimum absolute atomic E-state index is 0.317. The highest BCUT2D eigenvalue weighted by Gasteiger charge is 2.29. The summed E-state index contributed by atoms with van der Waals surface area (Å²) < 4.78 is 13.9. The van der Waals surface area contributed by atoms with Crippen LogP contribution in [0.1, 0.15) is 80.7 Å². The molecule has 2 saturated heterocycles.